The number of methoxy groups -OCH3 is 2. The Labute approximate surface area is 276 Å². The molecule has 0 saturated carbocycles. The van der Waals surface area contributed by atoms with Crippen molar-refractivity contribution in [3.8, 4) is 17.5 Å². The Morgan fingerprint density at radius 1 is 0.872 bits per heavy atom. The van der Waals surface area contributed by atoms with Gasteiger partial charge < -0.3 is 24.2 Å². The number of hydrogen-bond acceptors (Lipinski definition) is 9. The van der Waals surface area contributed by atoms with Crippen LogP contribution in [0, 0.1) is 0 Å². The second kappa shape index (κ2) is 15.3. The summed E-state index contributed by atoms with van der Waals surface area (Å²) < 4.78 is 18.6. The standard InChI is InChI=1S/C37H44N6O4/c1-4-5-22-47-37-39-36(42(24-27-12-16-30(45-2)17-13-27)25-28-14-18-31(46-3)19-15-28)35-38-23-33(43(35)40-37)34(44)32-11-7-6-10-29(32)26-41-20-8-9-21-41/h6-7,10-19,23,34,44H,4-5,8-9,20-22,24-26H2,1-3H3. The number of anilines is 1. The first kappa shape index (κ1) is 32.3. The number of ether oxygens (including phenoxy) is 3. The molecule has 5 aromatic rings. The van der Waals surface area contributed by atoms with Gasteiger partial charge in [0.25, 0.3) is 0 Å². The zero-order valence-corrected chi connectivity index (χ0v) is 27.5. The monoisotopic (exact) mass is 636 g/mol. The Morgan fingerprint density at radius 2 is 1.51 bits per heavy atom. The fraction of sp³-hybridized carbons (Fsp3) is 0.378. The maximum absolute atomic E-state index is 11.9. The van der Waals surface area contributed by atoms with Gasteiger partial charge >= 0.3 is 6.01 Å². The minimum atomic E-state index is -0.938. The molecule has 10 nitrogen and oxygen atoms in total. The van der Waals surface area contributed by atoms with Crippen molar-refractivity contribution in [1.29, 1.82) is 0 Å². The molecule has 3 aromatic carbocycles. The van der Waals surface area contributed by atoms with E-state index in [0.29, 0.717) is 36.9 Å². The molecule has 47 heavy (non-hydrogen) atoms. The molecule has 3 heterocycles. The quantitative estimate of drug-likeness (QED) is 0.135. The van der Waals surface area contributed by atoms with Crippen LogP contribution in [-0.2, 0) is 19.6 Å². The molecule has 1 saturated heterocycles. The molecule has 246 valence electrons. The van der Waals surface area contributed by atoms with Crippen molar-refractivity contribution in [2.75, 3.05) is 38.8 Å². The largest absolute Gasteiger partial charge is 0.497 e. The number of aromatic nitrogens is 4. The van der Waals surface area contributed by atoms with Gasteiger partial charge in [-0.15, -0.1) is 5.10 Å². The molecule has 0 spiro atoms. The predicted octanol–water partition coefficient (Wildman–Crippen LogP) is 6.20. The van der Waals surface area contributed by atoms with Crippen LogP contribution in [0.2, 0.25) is 0 Å². The van der Waals surface area contributed by atoms with Crippen molar-refractivity contribution in [3.63, 3.8) is 0 Å². The van der Waals surface area contributed by atoms with Crippen LogP contribution >= 0.6 is 0 Å². The molecule has 1 fully saturated rings. The zero-order valence-electron chi connectivity index (χ0n) is 27.5. The molecule has 1 aliphatic rings. The predicted molar refractivity (Wildman–Crippen MR) is 182 cm³/mol. The maximum atomic E-state index is 11.9. The number of imidazole rings is 1. The molecule has 0 bridgehead atoms. The lowest BCUT2D eigenvalue weighted by Gasteiger charge is -2.25. The Balaban J connectivity index is 1.42. The fourth-order valence-electron chi connectivity index (χ4n) is 6.03. The van der Waals surface area contributed by atoms with E-state index in [1.165, 1.54) is 12.8 Å². The summed E-state index contributed by atoms with van der Waals surface area (Å²) in [5, 5.41) is 16.7. The van der Waals surface area contributed by atoms with Gasteiger partial charge in [-0.05, 0) is 78.9 Å². The van der Waals surface area contributed by atoms with E-state index in [1.54, 1.807) is 24.9 Å². The van der Waals surface area contributed by atoms with Crippen LogP contribution in [0.25, 0.3) is 5.65 Å². The van der Waals surface area contributed by atoms with E-state index in [-0.39, 0.29) is 6.01 Å². The summed E-state index contributed by atoms with van der Waals surface area (Å²) in [7, 11) is 3.33. The molecule has 1 unspecified atom stereocenters. The maximum Gasteiger partial charge on any atom is 0.336 e. The third-order valence-corrected chi connectivity index (χ3v) is 8.67. The minimum absolute atomic E-state index is 0.243. The molecule has 0 aliphatic carbocycles. The van der Waals surface area contributed by atoms with Crippen molar-refractivity contribution in [1.82, 2.24) is 24.5 Å². The lowest BCUT2D eigenvalue weighted by molar-refractivity contribution is 0.208. The van der Waals surface area contributed by atoms with E-state index in [9.17, 15) is 5.11 Å². The van der Waals surface area contributed by atoms with E-state index in [0.717, 1.165) is 66.2 Å². The molecule has 10 heteroatoms. The highest BCUT2D eigenvalue weighted by Crippen LogP contribution is 2.31. The molecular weight excluding hydrogens is 592 g/mol. The first-order valence-corrected chi connectivity index (χ1v) is 16.4. The van der Waals surface area contributed by atoms with Crippen LogP contribution in [0.1, 0.15) is 66.7 Å². The Bertz CT molecular complexity index is 1690. The number of hydrogen-bond donors (Lipinski definition) is 1. The van der Waals surface area contributed by atoms with Crippen molar-refractivity contribution < 1.29 is 19.3 Å². The first-order valence-electron chi connectivity index (χ1n) is 16.4. The van der Waals surface area contributed by atoms with Crippen molar-refractivity contribution >= 4 is 11.5 Å². The number of aliphatic hydroxyl groups is 1. The van der Waals surface area contributed by atoms with Crippen molar-refractivity contribution in [2.45, 2.75) is 58.3 Å². The molecule has 2 aromatic heterocycles. The van der Waals surface area contributed by atoms with Gasteiger partial charge in [0, 0.05) is 19.6 Å². The summed E-state index contributed by atoms with van der Waals surface area (Å²) in [6, 6.07) is 24.4. The Morgan fingerprint density at radius 3 is 2.13 bits per heavy atom. The van der Waals surface area contributed by atoms with Crippen molar-refractivity contribution in [2.24, 2.45) is 0 Å². The van der Waals surface area contributed by atoms with Crippen LogP contribution in [0.15, 0.2) is 79.0 Å². The normalized spacial score (nSPS) is 14.0. The third-order valence-electron chi connectivity index (χ3n) is 8.67. The highest BCUT2D eigenvalue weighted by molar-refractivity contribution is 5.65. The van der Waals surface area contributed by atoms with Crippen LogP contribution < -0.4 is 19.1 Å². The SMILES string of the molecule is CCCCOc1nc(N(Cc2ccc(OC)cc2)Cc2ccc(OC)cc2)c2ncc(C(O)c3ccccc3CN3CCCC3)n2n1. The van der Waals surface area contributed by atoms with Crippen LogP contribution in [0.4, 0.5) is 5.82 Å². The number of rotatable bonds is 15. The number of fused-ring (bicyclic) bond motifs is 1. The number of unbranched alkanes of at least 4 members (excludes halogenated alkanes) is 1. The number of benzene rings is 3. The molecule has 1 atom stereocenters. The van der Waals surface area contributed by atoms with Gasteiger partial charge in [0.15, 0.2) is 11.5 Å². The molecule has 6 rings (SSSR count). The number of aliphatic hydroxyl groups excluding tert-OH is 1. The lowest BCUT2D eigenvalue weighted by atomic mass is 10.00. The summed E-state index contributed by atoms with van der Waals surface area (Å²) in [5.74, 6) is 2.20. The lowest BCUT2D eigenvalue weighted by Crippen LogP contribution is -2.25. The molecular formula is C37H44N6O4. The molecule has 1 N–H and O–H groups in total. The summed E-state index contributed by atoms with van der Waals surface area (Å²) in [6.07, 6.45) is 5.05. The summed E-state index contributed by atoms with van der Waals surface area (Å²) >= 11 is 0. The second-order valence-electron chi connectivity index (χ2n) is 12.0. The van der Waals surface area contributed by atoms with Gasteiger partial charge in [-0.2, -0.15) is 4.98 Å². The van der Waals surface area contributed by atoms with Gasteiger partial charge in [-0.1, -0.05) is 61.9 Å². The molecule has 1 aliphatic heterocycles. The average molecular weight is 637 g/mol. The van der Waals surface area contributed by atoms with Crippen LogP contribution in [-0.4, -0.2) is 63.5 Å². The Kier molecular flexibility index (Phi) is 10.5. The number of nitrogens with zero attached hydrogens (tertiary/aromatic N) is 6. The second-order valence-corrected chi connectivity index (χ2v) is 12.0. The van der Waals surface area contributed by atoms with Gasteiger partial charge in [0.2, 0.25) is 0 Å². The zero-order chi connectivity index (χ0) is 32.6. The van der Waals surface area contributed by atoms with Gasteiger partial charge in [-0.3, -0.25) is 4.90 Å². The average Bonchev–Trinajstić information content (AvgIpc) is 3.79. The molecule has 0 amide bonds. The summed E-state index contributed by atoms with van der Waals surface area (Å²) in [6.45, 7) is 6.65. The first-order chi connectivity index (χ1) is 23.1. The van der Waals surface area contributed by atoms with E-state index < -0.39 is 6.10 Å². The van der Waals surface area contributed by atoms with E-state index >= 15 is 0 Å². The fourth-order valence-corrected chi connectivity index (χ4v) is 6.03. The van der Waals surface area contributed by atoms with Gasteiger partial charge in [0.1, 0.15) is 17.6 Å². The van der Waals surface area contributed by atoms with Crippen LogP contribution in [0.3, 0.4) is 0 Å². The van der Waals surface area contributed by atoms with Gasteiger partial charge in [0.05, 0.1) is 32.7 Å². The highest BCUT2D eigenvalue weighted by atomic mass is 16.5. The Hall–Kier alpha value is -4.67. The summed E-state index contributed by atoms with van der Waals surface area (Å²) in [5.41, 5.74) is 5.21. The summed E-state index contributed by atoms with van der Waals surface area (Å²) in [4.78, 5) is 14.4. The van der Waals surface area contributed by atoms with Gasteiger partial charge in [-0.25, -0.2) is 9.50 Å². The third kappa shape index (κ3) is 7.66. The highest BCUT2D eigenvalue weighted by Gasteiger charge is 2.25. The van der Waals surface area contributed by atoms with Crippen molar-refractivity contribution in [3.05, 3.63) is 107 Å². The molecule has 0 radical (unpaired) electrons. The topological polar surface area (TPSA) is 97.5 Å². The van der Waals surface area contributed by atoms with Crippen LogP contribution in [0.5, 0.6) is 17.5 Å². The minimum Gasteiger partial charge on any atom is -0.497 e. The number of likely N-dealkylation sites (tertiary alicyclic amines) is 1. The van der Waals surface area contributed by atoms with E-state index in [2.05, 4.69) is 47.1 Å². The smallest absolute Gasteiger partial charge is 0.336 e. The van der Waals surface area contributed by atoms with E-state index in [4.69, 9.17) is 29.3 Å². The van der Waals surface area contributed by atoms with E-state index in [1.807, 2.05) is 42.5 Å².